The lowest BCUT2D eigenvalue weighted by molar-refractivity contribution is -0.182. The predicted molar refractivity (Wildman–Crippen MR) is 86.7 cm³/mol. The van der Waals surface area contributed by atoms with Crippen LogP contribution >= 0.6 is 0 Å². The van der Waals surface area contributed by atoms with Crippen molar-refractivity contribution in [3.63, 3.8) is 0 Å². The maximum Gasteiger partial charge on any atom is 0.398 e. The molecule has 3 rings (SSSR count). The largest absolute Gasteiger partial charge is 0.398 e. The van der Waals surface area contributed by atoms with Crippen LogP contribution in [0.25, 0.3) is 0 Å². The molecule has 4 heteroatoms. The van der Waals surface area contributed by atoms with Crippen molar-refractivity contribution in [3.05, 3.63) is 71.8 Å². The number of carbonyl (C=O) groups excluding carboxylic acids is 1. The maximum absolute atomic E-state index is 13.2. The Morgan fingerprint density at radius 3 is 1.79 bits per heavy atom. The number of alkyl halides is 3. The van der Waals surface area contributed by atoms with Crippen molar-refractivity contribution < 1.29 is 18.0 Å². The Kier molecular flexibility index (Phi) is 4.48. The van der Waals surface area contributed by atoms with Crippen LogP contribution in [-0.2, 0) is 10.2 Å². The first-order valence-electron chi connectivity index (χ1n) is 8.14. The minimum atomic E-state index is -4.46. The molecule has 0 amide bonds. The molecular weight excluding hydrogens is 313 g/mol. The van der Waals surface area contributed by atoms with Gasteiger partial charge in [-0.25, -0.2) is 0 Å². The highest BCUT2D eigenvalue weighted by Gasteiger charge is 2.48. The Bertz CT molecular complexity index is 652. The highest BCUT2D eigenvalue weighted by molar-refractivity contribution is 5.82. The summed E-state index contributed by atoms with van der Waals surface area (Å²) in [6.07, 6.45) is -3.94. The molecule has 1 atom stereocenters. The van der Waals surface area contributed by atoms with Crippen molar-refractivity contribution >= 4 is 5.78 Å². The van der Waals surface area contributed by atoms with Crippen LogP contribution in [0.15, 0.2) is 60.7 Å². The maximum atomic E-state index is 13.2. The second-order valence-electron chi connectivity index (χ2n) is 6.41. The SMILES string of the molecule is O=C1CCC(c2ccccc2)(c2ccccc2)CC[C@@H]1C(F)(F)F. The molecule has 2 aromatic carbocycles. The van der Waals surface area contributed by atoms with E-state index in [2.05, 4.69) is 0 Å². The van der Waals surface area contributed by atoms with E-state index in [9.17, 15) is 18.0 Å². The normalized spacial score (nSPS) is 21.3. The summed E-state index contributed by atoms with van der Waals surface area (Å²) in [4.78, 5) is 12.1. The fourth-order valence-electron chi connectivity index (χ4n) is 3.79. The zero-order valence-corrected chi connectivity index (χ0v) is 13.2. The van der Waals surface area contributed by atoms with Gasteiger partial charge in [-0.3, -0.25) is 4.79 Å². The van der Waals surface area contributed by atoms with Gasteiger partial charge in [-0.2, -0.15) is 13.2 Å². The van der Waals surface area contributed by atoms with E-state index in [1.54, 1.807) is 0 Å². The van der Waals surface area contributed by atoms with E-state index in [1.165, 1.54) is 0 Å². The lowest BCUT2D eigenvalue weighted by Crippen LogP contribution is -2.30. The van der Waals surface area contributed by atoms with Gasteiger partial charge in [0.05, 0.1) is 0 Å². The van der Waals surface area contributed by atoms with Crippen LogP contribution in [0.1, 0.15) is 36.8 Å². The summed E-state index contributed by atoms with van der Waals surface area (Å²) in [6.45, 7) is 0. The van der Waals surface area contributed by atoms with Gasteiger partial charge in [-0.1, -0.05) is 60.7 Å². The van der Waals surface area contributed by atoms with Gasteiger partial charge >= 0.3 is 6.18 Å². The molecule has 0 aromatic heterocycles. The molecule has 1 aliphatic carbocycles. The van der Waals surface area contributed by atoms with Crippen molar-refractivity contribution in [2.75, 3.05) is 0 Å². The highest BCUT2D eigenvalue weighted by Crippen LogP contribution is 2.46. The number of halogens is 3. The smallest absolute Gasteiger partial charge is 0.299 e. The fourth-order valence-corrected chi connectivity index (χ4v) is 3.79. The van der Waals surface area contributed by atoms with Gasteiger partial charge in [0, 0.05) is 11.8 Å². The quantitative estimate of drug-likeness (QED) is 0.683. The molecule has 126 valence electrons. The number of hydrogen-bond donors (Lipinski definition) is 0. The minimum Gasteiger partial charge on any atom is -0.299 e. The molecule has 2 aromatic rings. The summed E-state index contributed by atoms with van der Waals surface area (Å²) in [5.41, 5.74) is 1.41. The van der Waals surface area contributed by atoms with E-state index in [4.69, 9.17) is 0 Å². The summed E-state index contributed by atoms with van der Waals surface area (Å²) in [6, 6.07) is 19.2. The van der Waals surface area contributed by atoms with E-state index in [0.717, 1.165) is 11.1 Å². The minimum absolute atomic E-state index is 0.0477. The van der Waals surface area contributed by atoms with Crippen LogP contribution in [-0.4, -0.2) is 12.0 Å². The van der Waals surface area contributed by atoms with E-state index < -0.39 is 23.3 Å². The van der Waals surface area contributed by atoms with Crippen molar-refractivity contribution in [3.8, 4) is 0 Å². The number of Topliss-reactive ketones (excluding diaryl/α,β-unsaturated/α-hetero) is 1. The van der Waals surface area contributed by atoms with Gasteiger partial charge in [0.2, 0.25) is 0 Å². The Morgan fingerprint density at radius 2 is 1.33 bits per heavy atom. The van der Waals surface area contributed by atoms with Gasteiger partial charge in [0.1, 0.15) is 11.7 Å². The summed E-state index contributed by atoms with van der Waals surface area (Å²) < 4.78 is 39.6. The molecule has 0 N–H and O–H groups in total. The van der Waals surface area contributed by atoms with E-state index in [-0.39, 0.29) is 12.8 Å². The Morgan fingerprint density at radius 1 is 0.833 bits per heavy atom. The Labute approximate surface area is 139 Å². The second kappa shape index (κ2) is 6.42. The highest BCUT2D eigenvalue weighted by atomic mass is 19.4. The standard InChI is InChI=1S/C20H19F3O/c21-20(22,23)17-11-13-19(14-12-18(17)24,15-7-3-1-4-8-15)16-9-5-2-6-10-16/h1-10,17H,11-14H2/t17-/m0/s1. The second-order valence-corrected chi connectivity index (χ2v) is 6.41. The zero-order valence-electron chi connectivity index (χ0n) is 13.2. The summed E-state index contributed by atoms with van der Waals surface area (Å²) in [5, 5.41) is 0. The predicted octanol–water partition coefficient (Wildman–Crippen LogP) is 5.29. The van der Waals surface area contributed by atoms with Crippen molar-refractivity contribution in [2.24, 2.45) is 5.92 Å². The van der Waals surface area contributed by atoms with E-state index >= 15 is 0 Å². The Hall–Kier alpha value is -2.10. The van der Waals surface area contributed by atoms with Crippen LogP contribution in [0.4, 0.5) is 13.2 Å². The lowest BCUT2D eigenvalue weighted by Gasteiger charge is -2.34. The van der Waals surface area contributed by atoms with E-state index in [1.807, 2.05) is 60.7 Å². The number of hydrogen-bond acceptors (Lipinski definition) is 1. The first kappa shape index (κ1) is 16.7. The number of ketones is 1. The summed E-state index contributed by atoms with van der Waals surface area (Å²) >= 11 is 0. The first-order chi connectivity index (χ1) is 11.4. The molecule has 0 bridgehead atoms. The van der Waals surface area contributed by atoms with Gasteiger partial charge in [0.25, 0.3) is 0 Å². The van der Waals surface area contributed by atoms with Gasteiger partial charge < -0.3 is 0 Å². The van der Waals surface area contributed by atoms with Crippen molar-refractivity contribution in [2.45, 2.75) is 37.3 Å². The molecule has 0 heterocycles. The molecule has 0 radical (unpaired) electrons. The molecule has 1 fully saturated rings. The number of benzene rings is 2. The van der Waals surface area contributed by atoms with Crippen LogP contribution in [0.3, 0.4) is 0 Å². The molecular formula is C20H19F3O. The fraction of sp³-hybridized carbons (Fsp3) is 0.350. The van der Waals surface area contributed by atoms with Gasteiger partial charge in [0.15, 0.2) is 0 Å². The molecule has 0 aliphatic heterocycles. The van der Waals surface area contributed by atoms with Crippen molar-refractivity contribution in [1.82, 2.24) is 0 Å². The van der Waals surface area contributed by atoms with Gasteiger partial charge in [-0.05, 0) is 30.4 Å². The van der Waals surface area contributed by atoms with Crippen LogP contribution in [0.5, 0.6) is 0 Å². The van der Waals surface area contributed by atoms with Crippen LogP contribution in [0, 0.1) is 5.92 Å². The molecule has 1 saturated carbocycles. The average Bonchev–Trinajstić information content (AvgIpc) is 2.76. The van der Waals surface area contributed by atoms with Gasteiger partial charge in [-0.15, -0.1) is 0 Å². The monoisotopic (exact) mass is 332 g/mol. The first-order valence-corrected chi connectivity index (χ1v) is 8.14. The third-order valence-electron chi connectivity index (χ3n) is 5.09. The lowest BCUT2D eigenvalue weighted by atomic mass is 9.69. The van der Waals surface area contributed by atoms with Crippen LogP contribution in [0.2, 0.25) is 0 Å². The molecule has 1 nitrogen and oxygen atoms in total. The summed E-state index contributed by atoms with van der Waals surface area (Å²) in [5.74, 6) is -2.52. The van der Waals surface area contributed by atoms with Crippen LogP contribution < -0.4 is 0 Å². The number of carbonyl (C=O) groups is 1. The molecule has 0 spiro atoms. The third-order valence-corrected chi connectivity index (χ3v) is 5.09. The topological polar surface area (TPSA) is 17.1 Å². The third kappa shape index (κ3) is 3.10. The average molecular weight is 332 g/mol. The van der Waals surface area contributed by atoms with Crippen molar-refractivity contribution in [1.29, 1.82) is 0 Å². The Balaban J connectivity index is 2.06. The summed E-state index contributed by atoms with van der Waals surface area (Å²) in [7, 11) is 0. The number of rotatable bonds is 2. The molecule has 0 unspecified atom stereocenters. The van der Waals surface area contributed by atoms with E-state index in [0.29, 0.717) is 12.8 Å². The molecule has 24 heavy (non-hydrogen) atoms. The molecule has 0 saturated heterocycles. The molecule has 1 aliphatic rings. The zero-order chi connectivity index (χ0) is 17.2.